The second-order valence-corrected chi connectivity index (χ2v) is 5.89. The van der Waals surface area contributed by atoms with E-state index in [1.54, 1.807) is 0 Å². The van der Waals surface area contributed by atoms with E-state index in [1.165, 1.54) is 65.0 Å². The smallest absolute Gasteiger partial charge is 0.0120 e. The van der Waals surface area contributed by atoms with Crippen LogP contribution < -0.4 is 5.32 Å². The fraction of sp³-hybridized carbons (Fsp3) is 1.00. The summed E-state index contributed by atoms with van der Waals surface area (Å²) >= 11 is 0. The van der Waals surface area contributed by atoms with Gasteiger partial charge >= 0.3 is 0 Å². The van der Waals surface area contributed by atoms with E-state index < -0.39 is 0 Å². The summed E-state index contributed by atoms with van der Waals surface area (Å²) in [6.07, 6.45) is 5.42. The van der Waals surface area contributed by atoms with Gasteiger partial charge in [-0.25, -0.2) is 0 Å². The largest absolute Gasteiger partial charge is 0.316 e. The lowest BCUT2D eigenvalue weighted by molar-refractivity contribution is 0.140. The van der Waals surface area contributed by atoms with Crippen molar-refractivity contribution in [1.82, 2.24) is 15.1 Å². The molecule has 2 fully saturated rings. The van der Waals surface area contributed by atoms with E-state index in [0.29, 0.717) is 0 Å². The van der Waals surface area contributed by atoms with Crippen LogP contribution >= 0.6 is 0 Å². The van der Waals surface area contributed by atoms with Crippen LogP contribution in [-0.4, -0.2) is 62.2 Å². The van der Waals surface area contributed by atoms with Crippen LogP contribution in [0.15, 0.2) is 0 Å². The number of rotatable bonds is 5. The molecule has 1 atom stereocenters. The quantitative estimate of drug-likeness (QED) is 0.732. The lowest BCUT2D eigenvalue weighted by Gasteiger charge is -2.35. The molecule has 2 aliphatic rings. The number of nitrogens with one attached hydrogen (secondary N) is 1. The van der Waals surface area contributed by atoms with Gasteiger partial charge in [-0.3, -0.25) is 4.90 Å². The molecule has 0 aromatic carbocycles. The minimum Gasteiger partial charge on any atom is -0.316 e. The highest BCUT2D eigenvalue weighted by Gasteiger charge is 2.29. The first-order chi connectivity index (χ1) is 8.29. The van der Waals surface area contributed by atoms with Crippen LogP contribution in [0.25, 0.3) is 0 Å². The number of likely N-dealkylation sites (tertiary alicyclic amines) is 2. The molecule has 2 heterocycles. The van der Waals surface area contributed by atoms with Gasteiger partial charge in [-0.2, -0.15) is 0 Å². The second kappa shape index (κ2) is 6.72. The Balaban J connectivity index is 1.66. The summed E-state index contributed by atoms with van der Waals surface area (Å²) in [6.45, 7) is 9.92. The summed E-state index contributed by atoms with van der Waals surface area (Å²) in [5.41, 5.74) is 0. The Morgan fingerprint density at radius 1 is 1.12 bits per heavy atom. The Labute approximate surface area is 107 Å². The highest BCUT2D eigenvalue weighted by atomic mass is 15.2. The third kappa shape index (κ3) is 3.94. The zero-order valence-corrected chi connectivity index (χ0v) is 11.6. The van der Waals surface area contributed by atoms with Crippen molar-refractivity contribution in [3.63, 3.8) is 0 Å². The Kier molecular flexibility index (Phi) is 5.26. The first-order valence-electron chi connectivity index (χ1n) is 7.43. The topological polar surface area (TPSA) is 18.5 Å². The molecule has 0 aromatic rings. The van der Waals surface area contributed by atoms with Crippen molar-refractivity contribution in [2.24, 2.45) is 5.92 Å². The van der Waals surface area contributed by atoms with Crippen molar-refractivity contribution in [2.45, 2.75) is 38.6 Å². The average molecular weight is 239 g/mol. The van der Waals surface area contributed by atoms with Gasteiger partial charge in [-0.1, -0.05) is 6.92 Å². The van der Waals surface area contributed by atoms with Gasteiger partial charge in [0, 0.05) is 12.6 Å². The zero-order chi connectivity index (χ0) is 12.1. The van der Waals surface area contributed by atoms with Crippen LogP contribution in [0.4, 0.5) is 0 Å². The summed E-state index contributed by atoms with van der Waals surface area (Å²) in [6, 6.07) is 0.877. The van der Waals surface area contributed by atoms with Gasteiger partial charge in [0.05, 0.1) is 0 Å². The minimum absolute atomic E-state index is 0.877. The molecule has 3 nitrogen and oxygen atoms in total. The number of piperidine rings is 1. The maximum absolute atomic E-state index is 3.57. The lowest BCUT2D eigenvalue weighted by Crippen LogP contribution is -2.43. The van der Waals surface area contributed by atoms with Crippen molar-refractivity contribution in [2.75, 3.05) is 46.3 Å². The standard InChI is InChI=1S/C14H29N3/c1-3-7-15-11-13-4-10-17(12-13)14-5-8-16(2)9-6-14/h13-15H,3-12H2,1-2H3. The van der Waals surface area contributed by atoms with E-state index >= 15 is 0 Å². The van der Waals surface area contributed by atoms with Crippen LogP contribution in [0, 0.1) is 5.92 Å². The molecule has 17 heavy (non-hydrogen) atoms. The summed E-state index contributed by atoms with van der Waals surface area (Å²) in [4.78, 5) is 5.22. The molecule has 0 spiro atoms. The van der Waals surface area contributed by atoms with Crippen molar-refractivity contribution in [3.8, 4) is 0 Å². The number of nitrogens with zero attached hydrogens (tertiary/aromatic N) is 2. The fourth-order valence-corrected chi connectivity index (χ4v) is 3.20. The van der Waals surface area contributed by atoms with E-state index in [1.807, 2.05) is 0 Å². The van der Waals surface area contributed by atoms with Crippen LogP contribution in [0.3, 0.4) is 0 Å². The second-order valence-electron chi connectivity index (χ2n) is 5.89. The van der Waals surface area contributed by atoms with E-state index in [-0.39, 0.29) is 0 Å². The molecule has 2 aliphatic heterocycles. The third-order valence-electron chi connectivity index (χ3n) is 4.38. The van der Waals surface area contributed by atoms with Crippen molar-refractivity contribution < 1.29 is 0 Å². The van der Waals surface area contributed by atoms with Crippen molar-refractivity contribution in [1.29, 1.82) is 0 Å². The predicted molar refractivity (Wildman–Crippen MR) is 73.4 cm³/mol. The van der Waals surface area contributed by atoms with Crippen LogP contribution in [0.5, 0.6) is 0 Å². The SMILES string of the molecule is CCCNCC1CCN(C2CCN(C)CC2)C1. The molecule has 0 saturated carbocycles. The predicted octanol–water partition coefficient (Wildman–Crippen LogP) is 1.40. The molecular weight excluding hydrogens is 210 g/mol. The maximum Gasteiger partial charge on any atom is 0.0120 e. The first kappa shape index (κ1) is 13.3. The van der Waals surface area contributed by atoms with Gasteiger partial charge in [-0.15, -0.1) is 0 Å². The molecule has 0 bridgehead atoms. The molecule has 2 saturated heterocycles. The van der Waals surface area contributed by atoms with Gasteiger partial charge in [0.15, 0.2) is 0 Å². The Hall–Kier alpha value is -0.120. The van der Waals surface area contributed by atoms with Crippen molar-refractivity contribution in [3.05, 3.63) is 0 Å². The average Bonchev–Trinajstić information content (AvgIpc) is 2.79. The summed E-state index contributed by atoms with van der Waals surface area (Å²) in [5.74, 6) is 0.904. The molecule has 0 aliphatic carbocycles. The van der Waals surface area contributed by atoms with E-state index in [2.05, 4.69) is 29.1 Å². The van der Waals surface area contributed by atoms with Crippen LogP contribution in [0.1, 0.15) is 32.6 Å². The van der Waals surface area contributed by atoms with Gasteiger partial charge in [0.25, 0.3) is 0 Å². The van der Waals surface area contributed by atoms with Gasteiger partial charge in [0.1, 0.15) is 0 Å². The zero-order valence-electron chi connectivity index (χ0n) is 11.6. The maximum atomic E-state index is 3.57. The Bertz CT molecular complexity index is 212. The van der Waals surface area contributed by atoms with Gasteiger partial charge < -0.3 is 10.2 Å². The molecule has 3 heteroatoms. The summed E-state index contributed by atoms with van der Waals surface area (Å²) in [7, 11) is 2.25. The highest BCUT2D eigenvalue weighted by Crippen LogP contribution is 2.23. The minimum atomic E-state index is 0.877. The summed E-state index contributed by atoms with van der Waals surface area (Å²) in [5, 5.41) is 3.57. The van der Waals surface area contributed by atoms with Gasteiger partial charge in [0.2, 0.25) is 0 Å². The molecule has 0 aromatic heterocycles. The van der Waals surface area contributed by atoms with Crippen molar-refractivity contribution >= 4 is 0 Å². The number of hydrogen-bond donors (Lipinski definition) is 1. The van der Waals surface area contributed by atoms with Gasteiger partial charge in [-0.05, 0) is 71.4 Å². The summed E-state index contributed by atoms with van der Waals surface area (Å²) < 4.78 is 0. The molecule has 100 valence electrons. The van der Waals surface area contributed by atoms with E-state index in [0.717, 1.165) is 12.0 Å². The highest BCUT2D eigenvalue weighted by molar-refractivity contribution is 4.85. The van der Waals surface area contributed by atoms with Crippen LogP contribution in [0.2, 0.25) is 0 Å². The molecule has 1 N–H and O–H groups in total. The first-order valence-corrected chi connectivity index (χ1v) is 7.43. The third-order valence-corrected chi connectivity index (χ3v) is 4.38. The van der Waals surface area contributed by atoms with E-state index in [9.17, 15) is 0 Å². The normalized spacial score (nSPS) is 28.9. The molecule has 1 unspecified atom stereocenters. The number of hydrogen-bond acceptors (Lipinski definition) is 3. The molecule has 0 amide bonds. The lowest BCUT2D eigenvalue weighted by atomic mass is 10.0. The van der Waals surface area contributed by atoms with Crippen LogP contribution in [-0.2, 0) is 0 Å². The molecule has 0 radical (unpaired) electrons. The monoisotopic (exact) mass is 239 g/mol. The Morgan fingerprint density at radius 3 is 2.59 bits per heavy atom. The Morgan fingerprint density at radius 2 is 1.88 bits per heavy atom. The fourth-order valence-electron chi connectivity index (χ4n) is 3.20. The molecular formula is C14H29N3. The van der Waals surface area contributed by atoms with E-state index in [4.69, 9.17) is 0 Å². The molecule has 2 rings (SSSR count).